The van der Waals surface area contributed by atoms with Crippen molar-refractivity contribution >= 4 is 18.9 Å². The molecule has 1 aliphatic carbocycles. The summed E-state index contributed by atoms with van der Waals surface area (Å²) in [6, 6.07) is 3.41. The van der Waals surface area contributed by atoms with Gasteiger partial charge in [-0.05, 0) is 48.9 Å². The smallest absolute Gasteiger partial charge is 0.482 e. The van der Waals surface area contributed by atoms with Gasteiger partial charge in [0, 0.05) is 12.2 Å². The molecule has 4 rings (SSSR count). The van der Waals surface area contributed by atoms with Crippen molar-refractivity contribution in [2.75, 3.05) is 0 Å². The fraction of sp³-hybridized carbons (Fsp3) is 0.526. The van der Waals surface area contributed by atoms with Crippen LogP contribution in [0.1, 0.15) is 45.7 Å². The Bertz CT molecular complexity index is 778. The molecule has 0 saturated heterocycles. The van der Waals surface area contributed by atoms with Gasteiger partial charge in [0.1, 0.15) is 12.3 Å². The molecule has 0 amide bonds. The average Bonchev–Trinajstić information content (AvgIpc) is 3.21. The van der Waals surface area contributed by atoms with Gasteiger partial charge < -0.3 is 22.3 Å². The molecule has 3 atom stereocenters. The molecule has 6 heteroatoms. The summed E-state index contributed by atoms with van der Waals surface area (Å²) in [6.07, 6.45) is 9.71. The fourth-order valence-corrected chi connectivity index (χ4v) is 4.50. The normalized spacial score (nSPS) is 30.3. The largest absolute Gasteiger partial charge is 0.737 e. The standard InChI is InChI=1S/C19H25BF2N2O/c1-13(2)15-9-8-14(3)12-18(15)25-19-16-6-4-10-23(16)20(21,22)24-11-5-7-17(19)24/h4-7,10-11,13-15,18H,8-9,12H2,1-3H3/t14-,15+,18-/m1/s1. The third-order valence-corrected chi connectivity index (χ3v) is 5.92. The Kier molecular flexibility index (Phi) is 3.89. The van der Waals surface area contributed by atoms with Gasteiger partial charge in [0.2, 0.25) is 11.5 Å². The molecule has 0 spiro atoms. The minimum absolute atomic E-state index is 0.0738. The van der Waals surface area contributed by atoms with Crippen LogP contribution in [0.15, 0.2) is 36.2 Å². The van der Waals surface area contributed by atoms with Gasteiger partial charge in [0.15, 0.2) is 0 Å². The van der Waals surface area contributed by atoms with Crippen molar-refractivity contribution in [3.05, 3.63) is 41.9 Å². The van der Waals surface area contributed by atoms with Crippen LogP contribution >= 0.6 is 0 Å². The highest BCUT2D eigenvalue weighted by Crippen LogP contribution is 2.41. The van der Waals surface area contributed by atoms with Crippen molar-refractivity contribution in [2.24, 2.45) is 17.8 Å². The zero-order chi connectivity index (χ0) is 17.8. The number of hydrogen-bond donors (Lipinski definition) is 0. The van der Waals surface area contributed by atoms with Crippen molar-refractivity contribution in [2.45, 2.75) is 46.1 Å². The van der Waals surface area contributed by atoms with Crippen LogP contribution in [-0.2, 0) is 4.74 Å². The number of hydrogen-bond acceptors (Lipinski definition) is 1. The molecule has 0 unspecified atom stereocenters. The van der Waals surface area contributed by atoms with Gasteiger partial charge in [-0.15, -0.1) is 0 Å². The van der Waals surface area contributed by atoms with Gasteiger partial charge in [-0.1, -0.05) is 27.2 Å². The van der Waals surface area contributed by atoms with E-state index in [2.05, 4.69) is 20.8 Å². The van der Waals surface area contributed by atoms with Crippen LogP contribution < -0.4 is 0 Å². The molecule has 0 aromatic carbocycles. The zero-order valence-corrected chi connectivity index (χ0v) is 15.0. The third-order valence-electron chi connectivity index (χ3n) is 5.92. The Morgan fingerprint density at radius 2 is 2.12 bits per heavy atom. The number of nitrogens with zero attached hydrogens (tertiary/aromatic N) is 2. The van der Waals surface area contributed by atoms with Crippen molar-refractivity contribution in [1.82, 2.24) is 4.48 Å². The minimum atomic E-state index is -3.85. The number of ether oxygens (including phenoxy) is 1. The first kappa shape index (κ1) is 16.6. The molecule has 3 aliphatic rings. The second kappa shape index (κ2) is 5.85. The van der Waals surface area contributed by atoms with E-state index in [1.807, 2.05) is 0 Å². The van der Waals surface area contributed by atoms with Gasteiger partial charge in [-0.25, -0.2) is 0 Å². The first-order valence-corrected chi connectivity index (χ1v) is 9.30. The highest BCUT2D eigenvalue weighted by molar-refractivity contribution is 6.57. The molecule has 3 nitrogen and oxygen atoms in total. The highest BCUT2D eigenvalue weighted by atomic mass is 19.2. The third kappa shape index (κ3) is 2.57. The second-order valence-corrected chi connectivity index (χ2v) is 8.00. The quantitative estimate of drug-likeness (QED) is 0.736. The molecule has 1 aromatic rings. The van der Waals surface area contributed by atoms with E-state index in [4.69, 9.17) is 4.74 Å². The predicted molar refractivity (Wildman–Crippen MR) is 96.4 cm³/mol. The van der Waals surface area contributed by atoms with E-state index >= 15 is 0 Å². The topological polar surface area (TPSA) is 17.2 Å². The van der Waals surface area contributed by atoms with Gasteiger partial charge >= 0.3 is 6.97 Å². The summed E-state index contributed by atoms with van der Waals surface area (Å²) in [5.74, 6) is 2.18. The SMILES string of the molecule is CC(C)[C@@H]1CC[C@@H](C)C[C@H]1OC1=C2C=CC=[N+]2[B-](F)(F)n2cccc21. The van der Waals surface area contributed by atoms with Crippen molar-refractivity contribution in [1.29, 1.82) is 0 Å². The van der Waals surface area contributed by atoms with E-state index in [-0.39, 0.29) is 6.10 Å². The molecule has 3 heterocycles. The summed E-state index contributed by atoms with van der Waals surface area (Å²) in [7, 11) is 0. The predicted octanol–water partition coefficient (Wildman–Crippen LogP) is 4.52. The number of halogens is 2. The molecule has 0 bridgehead atoms. The Morgan fingerprint density at radius 3 is 2.88 bits per heavy atom. The number of fused-ring (bicyclic) bond motifs is 2. The van der Waals surface area contributed by atoms with Crippen molar-refractivity contribution in [3.63, 3.8) is 0 Å². The summed E-state index contributed by atoms with van der Waals surface area (Å²) in [5.41, 5.74) is 0.967. The van der Waals surface area contributed by atoms with Crippen LogP contribution in [0.2, 0.25) is 0 Å². The van der Waals surface area contributed by atoms with Crippen LogP contribution in [0.4, 0.5) is 8.63 Å². The van der Waals surface area contributed by atoms with E-state index in [9.17, 15) is 8.63 Å². The number of aromatic nitrogens is 1. The molecule has 134 valence electrons. The van der Waals surface area contributed by atoms with Gasteiger partial charge in [-0.3, -0.25) is 0 Å². The molecule has 25 heavy (non-hydrogen) atoms. The lowest BCUT2D eigenvalue weighted by Gasteiger charge is -2.39. The van der Waals surface area contributed by atoms with E-state index in [0.717, 1.165) is 21.8 Å². The minimum Gasteiger partial charge on any atom is -0.482 e. The summed E-state index contributed by atoms with van der Waals surface area (Å²) in [6.45, 7) is 2.86. The summed E-state index contributed by atoms with van der Waals surface area (Å²) < 4.78 is 38.2. The van der Waals surface area contributed by atoms with Gasteiger partial charge in [-0.2, -0.15) is 0 Å². The van der Waals surface area contributed by atoms with Crippen LogP contribution in [0.25, 0.3) is 5.76 Å². The first-order chi connectivity index (χ1) is 11.9. The average molecular weight is 346 g/mol. The molecular formula is C19H25BF2N2O. The zero-order valence-electron chi connectivity index (χ0n) is 15.0. The lowest BCUT2D eigenvalue weighted by atomic mass is 9.75. The molecule has 1 fully saturated rings. The van der Waals surface area contributed by atoms with E-state index in [1.165, 1.54) is 18.8 Å². The highest BCUT2D eigenvalue weighted by Gasteiger charge is 2.52. The maximum absolute atomic E-state index is 14.8. The number of allylic oxidation sites excluding steroid dienone is 2. The summed E-state index contributed by atoms with van der Waals surface area (Å²) >= 11 is 0. The number of rotatable bonds is 3. The molecule has 0 N–H and O–H groups in total. The summed E-state index contributed by atoms with van der Waals surface area (Å²) in [5, 5.41) is 0. The lowest BCUT2D eigenvalue weighted by Crippen LogP contribution is -2.49. The lowest BCUT2D eigenvalue weighted by molar-refractivity contribution is -0.358. The van der Waals surface area contributed by atoms with Crippen LogP contribution in [-0.4, -0.2) is 28.3 Å². The molecule has 0 radical (unpaired) electrons. The van der Waals surface area contributed by atoms with Gasteiger partial charge in [0.05, 0.1) is 5.69 Å². The monoisotopic (exact) mass is 346 g/mol. The van der Waals surface area contributed by atoms with E-state index in [0.29, 0.717) is 34.9 Å². The van der Waals surface area contributed by atoms with Crippen LogP contribution in [0.5, 0.6) is 0 Å². The van der Waals surface area contributed by atoms with Crippen molar-refractivity contribution in [3.8, 4) is 0 Å². The summed E-state index contributed by atoms with van der Waals surface area (Å²) in [4.78, 5) is 0. The van der Waals surface area contributed by atoms with E-state index < -0.39 is 6.97 Å². The van der Waals surface area contributed by atoms with Crippen LogP contribution in [0.3, 0.4) is 0 Å². The maximum Gasteiger partial charge on any atom is 0.737 e. The van der Waals surface area contributed by atoms with Crippen molar-refractivity contribution < 1.29 is 17.9 Å². The Hall–Kier alpha value is -1.85. The van der Waals surface area contributed by atoms with E-state index in [1.54, 1.807) is 24.3 Å². The molecular weight excluding hydrogens is 321 g/mol. The second-order valence-electron chi connectivity index (χ2n) is 8.00. The molecule has 2 aliphatic heterocycles. The molecule has 1 saturated carbocycles. The Balaban J connectivity index is 1.74. The van der Waals surface area contributed by atoms with Gasteiger partial charge in [0.25, 0.3) is 0 Å². The Labute approximate surface area is 147 Å². The fourth-order valence-electron chi connectivity index (χ4n) is 4.50. The maximum atomic E-state index is 14.8. The molecule has 1 aromatic heterocycles. The first-order valence-electron chi connectivity index (χ1n) is 9.30. The Morgan fingerprint density at radius 1 is 1.32 bits per heavy atom. The van der Waals surface area contributed by atoms with Crippen LogP contribution in [0, 0.1) is 17.8 Å².